The van der Waals surface area contributed by atoms with Gasteiger partial charge in [-0.25, -0.2) is 4.98 Å². The van der Waals surface area contributed by atoms with Gasteiger partial charge in [0.2, 0.25) is 0 Å². The van der Waals surface area contributed by atoms with E-state index in [0.717, 1.165) is 36.6 Å². The molecule has 0 saturated carbocycles. The Hall–Kier alpha value is -1.13. The topological polar surface area (TPSA) is 62.4 Å². The molecule has 4 nitrogen and oxygen atoms in total. The van der Waals surface area contributed by atoms with Gasteiger partial charge in [-0.3, -0.25) is 0 Å². The smallest absolute Gasteiger partial charge is 0.133 e. The van der Waals surface area contributed by atoms with Gasteiger partial charge in [0.15, 0.2) is 0 Å². The van der Waals surface area contributed by atoms with Crippen LogP contribution in [0.3, 0.4) is 0 Å². The van der Waals surface area contributed by atoms with Crippen LogP contribution in [0.4, 0.5) is 5.82 Å². The highest BCUT2D eigenvalue weighted by Gasteiger charge is 2.13. The molecular formula is C13H23N3O. The summed E-state index contributed by atoms with van der Waals surface area (Å²) in [4.78, 5) is 6.77. The van der Waals surface area contributed by atoms with Crippen LogP contribution in [0.5, 0.6) is 0 Å². The first-order valence-corrected chi connectivity index (χ1v) is 6.17. The van der Waals surface area contributed by atoms with Gasteiger partial charge in [-0.05, 0) is 38.8 Å². The third-order valence-corrected chi connectivity index (χ3v) is 2.93. The summed E-state index contributed by atoms with van der Waals surface area (Å²) in [6.45, 7) is 8.57. The lowest BCUT2D eigenvalue weighted by atomic mass is 10.1. The Kier molecular flexibility index (Phi) is 5.38. The minimum Gasteiger partial charge on any atom is -0.396 e. The maximum Gasteiger partial charge on any atom is 0.133 e. The van der Waals surface area contributed by atoms with Gasteiger partial charge < -0.3 is 15.7 Å². The van der Waals surface area contributed by atoms with Crippen molar-refractivity contribution in [2.45, 2.75) is 33.7 Å². The summed E-state index contributed by atoms with van der Waals surface area (Å²) in [6.07, 6.45) is 0.756. The molecule has 0 aliphatic carbocycles. The number of rotatable bonds is 6. The number of anilines is 1. The molecule has 1 aromatic heterocycles. The van der Waals surface area contributed by atoms with Crippen LogP contribution in [-0.4, -0.2) is 29.8 Å². The average molecular weight is 237 g/mol. The Morgan fingerprint density at radius 3 is 2.65 bits per heavy atom. The van der Waals surface area contributed by atoms with Crippen molar-refractivity contribution in [3.63, 3.8) is 0 Å². The maximum absolute atomic E-state index is 8.92. The van der Waals surface area contributed by atoms with Gasteiger partial charge in [-0.2, -0.15) is 0 Å². The second-order valence-corrected chi connectivity index (χ2v) is 4.24. The molecule has 0 aliphatic heterocycles. The van der Waals surface area contributed by atoms with Crippen LogP contribution >= 0.6 is 0 Å². The number of aromatic nitrogens is 1. The van der Waals surface area contributed by atoms with Gasteiger partial charge >= 0.3 is 0 Å². The summed E-state index contributed by atoms with van der Waals surface area (Å²) < 4.78 is 0. The minimum atomic E-state index is 0.208. The van der Waals surface area contributed by atoms with Crippen LogP contribution in [0, 0.1) is 13.8 Å². The quantitative estimate of drug-likeness (QED) is 0.784. The number of hydrogen-bond acceptors (Lipinski definition) is 4. The monoisotopic (exact) mass is 237 g/mol. The van der Waals surface area contributed by atoms with E-state index in [1.54, 1.807) is 0 Å². The van der Waals surface area contributed by atoms with E-state index in [1.165, 1.54) is 5.56 Å². The third-order valence-electron chi connectivity index (χ3n) is 2.93. The molecule has 3 N–H and O–H groups in total. The summed E-state index contributed by atoms with van der Waals surface area (Å²) in [5.41, 5.74) is 9.12. The zero-order valence-corrected chi connectivity index (χ0v) is 11.0. The predicted molar refractivity (Wildman–Crippen MR) is 71.2 cm³/mol. The largest absolute Gasteiger partial charge is 0.396 e. The standard InChI is InChI=1S/C13H23N3O/c1-4-16(6-5-7-17)13-12(9-14)10(2)8-11(3)15-13/h8,17H,4-7,9,14H2,1-3H3. The third kappa shape index (κ3) is 3.41. The molecule has 0 bridgehead atoms. The van der Waals surface area contributed by atoms with E-state index in [4.69, 9.17) is 10.8 Å². The fourth-order valence-electron chi connectivity index (χ4n) is 2.03. The maximum atomic E-state index is 8.92. The highest BCUT2D eigenvalue weighted by atomic mass is 16.3. The van der Waals surface area contributed by atoms with Crippen molar-refractivity contribution in [2.24, 2.45) is 5.73 Å². The molecule has 0 spiro atoms. The lowest BCUT2D eigenvalue weighted by Crippen LogP contribution is -2.28. The molecule has 0 fully saturated rings. The second kappa shape index (κ2) is 6.57. The summed E-state index contributed by atoms with van der Waals surface area (Å²) in [5.74, 6) is 0.973. The first-order valence-electron chi connectivity index (χ1n) is 6.17. The van der Waals surface area contributed by atoms with Crippen molar-refractivity contribution in [1.29, 1.82) is 0 Å². The highest BCUT2D eigenvalue weighted by molar-refractivity contribution is 5.51. The molecule has 1 rings (SSSR count). The van der Waals surface area contributed by atoms with E-state index >= 15 is 0 Å². The van der Waals surface area contributed by atoms with Gasteiger partial charge in [0.1, 0.15) is 5.82 Å². The van der Waals surface area contributed by atoms with E-state index in [9.17, 15) is 0 Å². The van der Waals surface area contributed by atoms with Crippen LogP contribution in [0.2, 0.25) is 0 Å². The van der Waals surface area contributed by atoms with Crippen LogP contribution in [0.25, 0.3) is 0 Å². The summed E-state index contributed by atoms with van der Waals surface area (Å²) >= 11 is 0. The van der Waals surface area contributed by atoms with Gasteiger partial charge in [0, 0.05) is 37.5 Å². The van der Waals surface area contributed by atoms with Crippen molar-refractivity contribution >= 4 is 5.82 Å². The Morgan fingerprint density at radius 1 is 1.41 bits per heavy atom. The number of nitrogens with two attached hydrogens (primary N) is 1. The summed E-state index contributed by atoms with van der Waals surface area (Å²) in [7, 11) is 0. The van der Waals surface area contributed by atoms with Crippen molar-refractivity contribution in [1.82, 2.24) is 4.98 Å². The van der Waals surface area contributed by atoms with E-state index in [2.05, 4.69) is 29.8 Å². The van der Waals surface area contributed by atoms with Crippen molar-refractivity contribution < 1.29 is 5.11 Å². The molecule has 0 saturated heterocycles. The molecule has 0 aliphatic rings. The molecule has 1 heterocycles. The first-order chi connectivity index (χ1) is 8.13. The van der Waals surface area contributed by atoms with E-state index in [1.807, 2.05) is 6.92 Å². The molecule has 96 valence electrons. The number of aliphatic hydroxyl groups excluding tert-OH is 1. The zero-order valence-electron chi connectivity index (χ0n) is 11.0. The minimum absolute atomic E-state index is 0.208. The molecular weight excluding hydrogens is 214 g/mol. The number of aryl methyl sites for hydroxylation is 2. The Balaban J connectivity index is 3.07. The molecule has 1 aromatic rings. The van der Waals surface area contributed by atoms with Gasteiger partial charge in [0.05, 0.1) is 0 Å². The molecule has 0 radical (unpaired) electrons. The SMILES string of the molecule is CCN(CCCO)c1nc(C)cc(C)c1CN. The number of aliphatic hydroxyl groups is 1. The van der Waals surface area contributed by atoms with Crippen LogP contribution in [-0.2, 0) is 6.54 Å². The fraction of sp³-hybridized carbons (Fsp3) is 0.615. The van der Waals surface area contributed by atoms with E-state index in [0.29, 0.717) is 6.54 Å². The average Bonchev–Trinajstić information content (AvgIpc) is 2.29. The predicted octanol–water partition coefficient (Wildman–Crippen LogP) is 1.37. The van der Waals surface area contributed by atoms with Crippen molar-refractivity contribution in [3.05, 3.63) is 22.9 Å². The number of nitrogens with zero attached hydrogens (tertiary/aromatic N) is 2. The van der Waals surface area contributed by atoms with Crippen LogP contribution in [0.1, 0.15) is 30.2 Å². The van der Waals surface area contributed by atoms with Crippen molar-refractivity contribution in [3.8, 4) is 0 Å². The normalized spacial score (nSPS) is 10.6. The van der Waals surface area contributed by atoms with Gasteiger partial charge in [-0.1, -0.05) is 0 Å². The van der Waals surface area contributed by atoms with Gasteiger partial charge in [-0.15, -0.1) is 0 Å². The summed E-state index contributed by atoms with van der Waals surface area (Å²) in [6, 6.07) is 2.06. The molecule has 0 amide bonds. The fourth-order valence-corrected chi connectivity index (χ4v) is 2.03. The first kappa shape index (κ1) is 13.9. The zero-order chi connectivity index (χ0) is 12.8. The second-order valence-electron chi connectivity index (χ2n) is 4.24. The lowest BCUT2D eigenvalue weighted by molar-refractivity contribution is 0.289. The Bertz CT molecular complexity index is 366. The van der Waals surface area contributed by atoms with Crippen molar-refractivity contribution in [2.75, 3.05) is 24.6 Å². The summed E-state index contributed by atoms with van der Waals surface area (Å²) in [5, 5.41) is 8.92. The Morgan fingerprint density at radius 2 is 2.12 bits per heavy atom. The molecule has 17 heavy (non-hydrogen) atoms. The number of pyridine rings is 1. The molecule has 4 heteroatoms. The van der Waals surface area contributed by atoms with E-state index in [-0.39, 0.29) is 6.61 Å². The van der Waals surface area contributed by atoms with Crippen LogP contribution < -0.4 is 10.6 Å². The number of hydrogen-bond donors (Lipinski definition) is 2. The lowest BCUT2D eigenvalue weighted by Gasteiger charge is -2.25. The van der Waals surface area contributed by atoms with Gasteiger partial charge in [0.25, 0.3) is 0 Å². The molecule has 0 atom stereocenters. The molecule has 0 unspecified atom stereocenters. The van der Waals surface area contributed by atoms with E-state index < -0.39 is 0 Å². The molecule has 0 aromatic carbocycles. The van der Waals surface area contributed by atoms with Crippen LogP contribution in [0.15, 0.2) is 6.07 Å². The Labute approximate surface area is 103 Å². The highest BCUT2D eigenvalue weighted by Crippen LogP contribution is 2.22.